The van der Waals surface area contributed by atoms with Crippen LogP contribution in [0.3, 0.4) is 0 Å². The smallest absolute Gasteiger partial charge is 0.245 e. The number of rotatable bonds is 10. The standard InChI is InChI=1S/C33H34FN7O3/c1-3-31(42)41-10-7-21(8-11-41)38-28-14-24-27(15-29(28)43-2)36-19-37-32(24)39-26-5-4-22(12-25(26)34)44-23-6-9-35-30(13-23)40-33-16-20(17-33)18-33/h3-6,9,12-15,19-21,38H,1,7-8,10-11,16-18H2,2H3,(H,35,40)(H,36,37,39). The summed E-state index contributed by atoms with van der Waals surface area (Å²) in [5.41, 5.74) is 1.88. The van der Waals surface area contributed by atoms with Crippen LogP contribution in [0.5, 0.6) is 17.2 Å². The number of nitrogens with zero attached hydrogens (tertiary/aromatic N) is 4. The number of pyridine rings is 1. The van der Waals surface area contributed by atoms with Crippen molar-refractivity contribution in [2.24, 2.45) is 5.92 Å². The quantitative estimate of drug-likeness (QED) is 0.183. The maximum Gasteiger partial charge on any atom is 0.245 e. The molecular weight excluding hydrogens is 561 g/mol. The SMILES string of the molecule is C=CC(=O)N1CCC(Nc2cc3c(Nc4ccc(Oc5ccnc(NC67CC(C6)C7)c5)cc4F)ncnc3cc2OC)CC1. The summed E-state index contributed by atoms with van der Waals surface area (Å²) in [6.07, 6.45) is 9.65. The summed E-state index contributed by atoms with van der Waals surface area (Å²) in [6.45, 7) is 4.87. The summed E-state index contributed by atoms with van der Waals surface area (Å²) in [6, 6.07) is 12.2. The molecule has 8 rings (SSSR count). The third-order valence-corrected chi connectivity index (χ3v) is 8.89. The van der Waals surface area contributed by atoms with Crippen LogP contribution >= 0.6 is 0 Å². The van der Waals surface area contributed by atoms with E-state index in [2.05, 4.69) is 37.5 Å². The van der Waals surface area contributed by atoms with Gasteiger partial charge in [0.05, 0.1) is 24.0 Å². The van der Waals surface area contributed by atoms with Gasteiger partial charge in [-0.05, 0) is 68.4 Å². The minimum atomic E-state index is -0.483. The van der Waals surface area contributed by atoms with Gasteiger partial charge in [0.2, 0.25) is 5.91 Å². The van der Waals surface area contributed by atoms with Gasteiger partial charge >= 0.3 is 0 Å². The molecule has 3 saturated carbocycles. The molecule has 3 aliphatic carbocycles. The summed E-state index contributed by atoms with van der Waals surface area (Å²) in [5.74, 6) is 3.16. The highest BCUT2D eigenvalue weighted by molar-refractivity contribution is 5.95. The fourth-order valence-corrected chi connectivity index (χ4v) is 6.43. The summed E-state index contributed by atoms with van der Waals surface area (Å²) in [5, 5.41) is 10.9. The molecule has 10 nitrogen and oxygen atoms in total. The summed E-state index contributed by atoms with van der Waals surface area (Å²) in [4.78, 5) is 27.0. The Kier molecular flexibility index (Phi) is 7.15. The number of aromatic nitrogens is 3. The van der Waals surface area contributed by atoms with E-state index in [1.54, 1.807) is 36.4 Å². The number of benzene rings is 2. The van der Waals surface area contributed by atoms with Crippen molar-refractivity contribution in [1.82, 2.24) is 19.9 Å². The van der Waals surface area contributed by atoms with E-state index in [9.17, 15) is 4.79 Å². The van der Waals surface area contributed by atoms with Crippen molar-refractivity contribution >= 4 is 39.8 Å². The van der Waals surface area contributed by atoms with Crippen LogP contribution in [0.25, 0.3) is 10.9 Å². The summed E-state index contributed by atoms with van der Waals surface area (Å²) < 4.78 is 27.0. The van der Waals surface area contributed by atoms with Crippen molar-refractivity contribution in [1.29, 1.82) is 0 Å². The van der Waals surface area contributed by atoms with E-state index in [0.717, 1.165) is 30.3 Å². The number of hydrogen-bond donors (Lipinski definition) is 3. The average Bonchev–Trinajstić information content (AvgIpc) is 3.00. The van der Waals surface area contributed by atoms with E-state index >= 15 is 4.39 Å². The molecule has 226 valence electrons. The second-order valence-electron chi connectivity index (χ2n) is 11.9. The van der Waals surface area contributed by atoms with Crippen LogP contribution in [0.2, 0.25) is 0 Å². The highest BCUT2D eigenvalue weighted by atomic mass is 19.1. The molecule has 1 aliphatic heterocycles. The fourth-order valence-electron chi connectivity index (χ4n) is 6.43. The molecular formula is C33H34FN7O3. The van der Waals surface area contributed by atoms with Gasteiger partial charge in [-0.25, -0.2) is 19.3 Å². The molecule has 1 saturated heterocycles. The average molecular weight is 596 g/mol. The minimum absolute atomic E-state index is 0.0506. The largest absolute Gasteiger partial charge is 0.495 e. The van der Waals surface area contributed by atoms with Crippen molar-refractivity contribution in [3.05, 3.63) is 73.5 Å². The normalized spacial score (nSPS) is 20.7. The second-order valence-corrected chi connectivity index (χ2v) is 11.9. The predicted molar refractivity (Wildman–Crippen MR) is 167 cm³/mol. The Morgan fingerprint density at radius 3 is 2.55 bits per heavy atom. The van der Waals surface area contributed by atoms with Gasteiger partial charge in [-0.1, -0.05) is 6.58 Å². The molecule has 44 heavy (non-hydrogen) atoms. The first-order chi connectivity index (χ1) is 21.4. The highest BCUT2D eigenvalue weighted by Gasteiger charge is 2.56. The Balaban J connectivity index is 1.06. The number of carbonyl (C=O) groups excluding carboxylic acids is 1. The lowest BCUT2D eigenvalue weighted by molar-refractivity contribution is -0.126. The first kappa shape index (κ1) is 27.9. The van der Waals surface area contributed by atoms with E-state index in [-0.39, 0.29) is 23.2 Å². The monoisotopic (exact) mass is 595 g/mol. The number of fused-ring (bicyclic) bond motifs is 1. The molecule has 11 heteroatoms. The lowest BCUT2D eigenvalue weighted by Gasteiger charge is -2.62. The number of hydrogen-bond acceptors (Lipinski definition) is 9. The van der Waals surface area contributed by atoms with Crippen molar-refractivity contribution in [3.8, 4) is 17.2 Å². The number of halogens is 1. The van der Waals surface area contributed by atoms with Crippen LogP contribution in [0.4, 0.5) is 27.4 Å². The van der Waals surface area contributed by atoms with Crippen LogP contribution < -0.4 is 25.4 Å². The molecule has 3 N–H and O–H groups in total. The maximum absolute atomic E-state index is 15.3. The fraction of sp³-hybridized carbons (Fsp3) is 0.333. The minimum Gasteiger partial charge on any atom is -0.495 e. The molecule has 4 aliphatic rings. The third kappa shape index (κ3) is 5.45. The molecule has 4 fully saturated rings. The molecule has 0 unspecified atom stereocenters. The van der Waals surface area contributed by atoms with E-state index in [1.807, 2.05) is 18.2 Å². The first-order valence-electron chi connectivity index (χ1n) is 14.9. The van der Waals surface area contributed by atoms with Gasteiger partial charge in [-0.15, -0.1) is 0 Å². The van der Waals surface area contributed by atoms with Gasteiger partial charge in [0, 0.05) is 54.5 Å². The zero-order valence-electron chi connectivity index (χ0n) is 24.5. The Morgan fingerprint density at radius 1 is 1.05 bits per heavy atom. The lowest BCUT2D eigenvalue weighted by Crippen LogP contribution is -2.63. The number of carbonyl (C=O) groups is 1. The van der Waals surface area contributed by atoms with Crippen LogP contribution in [-0.2, 0) is 4.79 Å². The van der Waals surface area contributed by atoms with Crippen molar-refractivity contribution in [2.75, 3.05) is 36.1 Å². The molecule has 2 aromatic carbocycles. The number of nitrogens with one attached hydrogen (secondary N) is 3. The number of ether oxygens (including phenoxy) is 2. The maximum atomic E-state index is 15.3. The van der Waals surface area contributed by atoms with Crippen LogP contribution in [0.1, 0.15) is 32.1 Å². The van der Waals surface area contributed by atoms with Gasteiger partial charge in [0.15, 0.2) is 0 Å². The van der Waals surface area contributed by atoms with Gasteiger partial charge in [-0.2, -0.15) is 0 Å². The Morgan fingerprint density at radius 2 is 1.84 bits per heavy atom. The molecule has 0 spiro atoms. The molecule has 1 amide bonds. The molecule has 4 aromatic rings. The number of methoxy groups -OCH3 is 1. The summed E-state index contributed by atoms with van der Waals surface area (Å²) in [7, 11) is 1.61. The van der Waals surface area contributed by atoms with E-state index in [0.29, 0.717) is 47.1 Å². The number of anilines is 4. The predicted octanol–water partition coefficient (Wildman–Crippen LogP) is 6.26. The van der Waals surface area contributed by atoms with Gasteiger partial charge in [0.25, 0.3) is 0 Å². The molecule has 0 radical (unpaired) electrons. The number of piperidine rings is 1. The van der Waals surface area contributed by atoms with Gasteiger partial charge in [-0.3, -0.25) is 4.79 Å². The summed E-state index contributed by atoms with van der Waals surface area (Å²) >= 11 is 0. The number of likely N-dealkylation sites (tertiary alicyclic amines) is 1. The Bertz CT molecular complexity index is 1720. The van der Waals surface area contributed by atoms with Crippen LogP contribution in [0.15, 0.2) is 67.6 Å². The molecule has 0 atom stereocenters. The Labute approximate surface area is 254 Å². The molecule has 2 aromatic heterocycles. The lowest BCUT2D eigenvalue weighted by atomic mass is 9.50. The van der Waals surface area contributed by atoms with E-state index in [1.165, 1.54) is 37.7 Å². The Hall–Kier alpha value is -4.93. The number of amides is 1. The molecule has 3 heterocycles. The van der Waals surface area contributed by atoms with Gasteiger partial charge in [0.1, 0.15) is 41.0 Å². The van der Waals surface area contributed by atoms with Gasteiger partial charge < -0.3 is 30.3 Å². The van der Waals surface area contributed by atoms with Crippen LogP contribution in [0, 0.1) is 11.7 Å². The zero-order chi connectivity index (χ0) is 30.3. The topological polar surface area (TPSA) is 114 Å². The third-order valence-electron chi connectivity index (χ3n) is 8.89. The van der Waals surface area contributed by atoms with E-state index < -0.39 is 5.82 Å². The first-order valence-corrected chi connectivity index (χ1v) is 14.9. The second kappa shape index (κ2) is 11.3. The molecule has 2 bridgehead atoms. The van der Waals surface area contributed by atoms with Crippen LogP contribution in [-0.4, -0.2) is 57.5 Å². The van der Waals surface area contributed by atoms with E-state index in [4.69, 9.17) is 9.47 Å². The van der Waals surface area contributed by atoms with Crippen molar-refractivity contribution in [3.63, 3.8) is 0 Å². The highest BCUT2D eigenvalue weighted by Crippen LogP contribution is 2.58. The zero-order valence-corrected chi connectivity index (χ0v) is 24.5. The van der Waals surface area contributed by atoms with Crippen molar-refractivity contribution < 1.29 is 18.7 Å². The van der Waals surface area contributed by atoms with Crippen molar-refractivity contribution in [2.45, 2.75) is 43.7 Å².